The van der Waals surface area contributed by atoms with Crippen molar-refractivity contribution in [1.29, 1.82) is 0 Å². The van der Waals surface area contributed by atoms with Gasteiger partial charge in [0.25, 0.3) is 5.91 Å². The zero-order valence-corrected chi connectivity index (χ0v) is 9.84. The molecule has 0 unspecified atom stereocenters. The van der Waals surface area contributed by atoms with Crippen LogP contribution < -0.4 is 10.6 Å². The molecule has 0 atom stereocenters. The van der Waals surface area contributed by atoms with Gasteiger partial charge in [0.1, 0.15) is 11.4 Å². The Hall–Kier alpha value is -1.96. The van der Waals surface area contributed by atoms with Crippen molar-refractivity contribution in [3.63, 3.8) is 0 Å². The van der Waals surface area contributed by atoms with Crippen molar-refractivity contribution in [1.82, 2.24) is 15.6 Å². The number of rotatable bonds is 5. The molecule has 2 amide bonds. The van der Waals surface area contributed by atoms with E-state index in [1.165, 1.54) is 16.8 Å². The lowest BCUT2D eigenvalue weighted by Crippen LogP contribution is -2.38. The number of carbonyl (C=O) groups excluding carboxylic acids is 2. The summed E-state index contributed by atoms with van der Waals surface area (Å²) in [6.07, 6.45) is 0. The van der Waals surface area contributed by atoms with Gasteiger partial charge >= 0.3 is 5.97 Å². The second-order valence-electron chi connectivity index (χ2n) is 3.12. The van der Waals surface area contributed by atoms with Gasteiger partial charge in [0.05, 0.1) is 17.7 Å². The van der Waals surface area contributed by atoms with Crippen LogP contribution in [0.3, 0.4) is 0 Å². The summed E-state index contributed by atoms with van der Waals surface area (Å²) in [6, 6.07) is 0. The average Bonchev–Trinajstić information content (AvgIpc) is 2.69. The van der Waals surface area contributed by atoms with E-state index in [0.717, 1.165) is 0 Å². The van der Waals surface area contributed by atoms with Crippen LogP contribution in [0.5, 0.6) is 0 Å². The van der Waals surface area contributed by atoms with E-state index in [9.17, 15) is 14.4 Å². The summed E-state index contributed by atoms with van der Waals surface area (Å²) >= 11 is 1.18. The van der Waals surface area contributed by atoms with Crippen LogP contribution in [-0.4, -0.2) is 41.0 Å². The van der Waals surface area contributed by atoms with Gasteiger partial charge in [0.15, 0.2) is 0 Å². The van der Waals surface area contributed by atoms with Crippen LogP contribution in [-0.2, 0) is 9.59 Å². The summed E-state index contributed by atoms with van der Waals surface area (Å²) in [6.45, 7) is 0.966. The van der Waals surface area contributed by atoms with E-state index in [-0.39, 0.29) is 6.54 Å². The molecular formula is C9H11N3O4S. The number of carboxylic acid groups (broad SMARTS) is 1. The molecule has 1 aromatic rings. The quantitative estimate of drug-likeness (QED) is 0.651. The maximum absolute atomic E-state index is 11.5. The van der Waals surface area contributed by atoms with Gasteiger partial charge in [-0.2, -0.15) is 0 Å². The number of aliphatic carboxylic acids is 1. The Morgan fingerprint density at radius 3 is 2.59 bits per heavy atom. The minimum absolute atomic E-state index is 0.260. The predicted molar refractivity (Wildman–Crippen MR) is 59.8 cm³/mol. The van der Waals surface area contributed by atoms with Crippen molar-refractivity contribution in [2.75, 3.05) is 13.1 Å². The Morgan fingerprint density at radius 2 is 2.06 bits per heavy atom. The SMILES string of the molecule is Cc1ncsc1C(=O)NCC(=O)NCC(=O)O. The maximum atomic E-state index is 11.5. The lowest BCUT2D eigenvalue weighted by molar-refractivity contribution is -0.137. The molecule has 0 aromatic carbocycles. The molecule has 92 valence electrons. The van der Waals surface area contributed by atoms with Gasteiger partial charge in [0.2, 0.25) is 5.91 Å². The van der Waals surface area contributed by atoms with Gasteiger partial charge in [-0.3, -0.25) is 14.4 Å². The summed E-state index contributed by atoms with van der Waals surface area (Å²) in [5, 5.41) is 12.8. The van der Waals surface area contributed by atoms with Crippen LogP contribution >= 0.6 is 11.3 Å². The summed E-state index contributed by atoms with van der Waals surface area (Å²) in [5.74, 6) is -2.08. The minimum atomic E-state index is -1.14. The van der Waals surface area contributed by atoms with E-state index in [4.69, 9.17) is 5.11 Å². The van der Waals surface area contributed by atoms with Crippen molar-refractivity contribution in [2.24, 2.45) is 0 Å². The maximum Gasteiger partial charge on any atom is 0.322 e. The number of thiazole rings is 1. The zero-order chi connectivity index (χ0) is 12.8. The van der Waals surface area contributed by atoms with Crippen LogP contribution in [0.15, 0.2) is 5.51 Å². The predicted octanol–water partition coefficient (Wildman–Crippen LogP) is -0.618. The monoisotopic (exact) mass is 257 g/mol. The summed E-state index contributed by atoms with van der Waals surface area (Å²) < 4.78 is 0. The van der Waals surface area contributed by atoms with Crippen molar-refractivity contribution in [3.8, 4) is 0 Å². The van der Waals surface area contributed by atoms with Gasteiger partial charge in [-0.05, 0) is 6.92 Å². The van der Waals surface area contributed by atoms with Crippen molar-refractivity contribution >= 4 is 29.1 Å². The van der Waals surface area contributed by atoms with Gasteiger partial charge in [-0.15, -0.1) is 11.3 Å². The first kappa shape index (κ1) is 13.1. The van der Waals surface area contributed by atoms with Crippen LogP contribution in [0.2, 0.25) is 0 Å². The van der Waals surface area contributed by atoms with Crippen LogP contribution in [0.1, 0.15) is 15.4 Å². The third-order valence-electron chi connectivity index (χ3n) is 1.80. The molecule has 1 heterocycles. The molecule has 17 heavy (non-hydrogen) atoms. The smallest absolute Gasteiger partial charge is 0.322 e. The number of hydrogen-bond donors (Lipinski definition) is 3. The van der Waals surface area contributed by atoms with E-state index < -0.39 is 24.3 Å². The number of aromatic nitrogens is 1. The Labute approximate surface area is 101 Å². The van der Waals surface area contributed by atoms with Crippen molar-refractivity contribution in [2.45, 2.75) is 6.92 Å². The van der Waals surface area contributed by atoms with E-state index in [1.807, 2.05) is 0 Å². The lowest BCUT2D eigenvalue weighted by Gasteiger charge is -2.04. The molecule has 1 aromatic heterocycles. The Morgan fingerprint density at radius 1 is 1.35 bits per heavy atom. The molecule has 7 nitrogen and oxygen atoms in total. The molecule has 1 rings (SSSR count). The standard InChI is InChI=1S/C9H11N3O4S/c1-5-8(17-4-12-5)9(16)11-2-6(13)10-3-7(14)15/h4H,2-3H2,1H3,(H,10,13)(H,11,16)(H,14,15). The molecule has 0 aliphatic carbocycles. The number of nitrogens with zero attached hydrogens (tertiary/aromatic N) is 1. The molecule has 8 heteroatoms. The molecule has 0 radical (unpaired) electrons. The third kappa shape index (κ3) is 4.19. The third-order valence-corrected chi connectivity index (χ3v) is 2.73. The van der Waals surface area contributed by atoms with E-state index in [0.29, 0.717) is 10.6 Å². The van der Waals surface area contributed by atoms with Gasteiger partial charge < -0.3 is 15.7 Å². The second-order valence-corrected chi connectivity index (χ2v) is 3.97. The number of carbonyl (C=O) groups is 3. The highest BCUT2D eigenvalue weighted by Gasteiger charge is 2.12. The van der Waals surface area contributed by atoms with Crippen molar-refractivity contribution in [3.05, 3.63) is 16.1 Å². The molecule has 0 aliphatic heterocycles. The van der Waals surface area contributed by atoms with Gasteiger partial charge in [-0.25, -0.2) is 4.98 Å². The van der Waals surface area contributed by atoms with Crippen LogP contribution in [0, 0.1) is 6.92 Å². The number of aryl methyl sites for hydroxylation is 1. The normalized spacial score (nSPS) is 9.71. The first-order valence-electron chi connectivity index (χ1n) is 4.67. The van der Waals surface area contributed by atoms with Gasteiger partial charge in [0, 0.05) is 0 Å². The van der Waals surface area contributed by atoms with Crippen LogP contribution in [0.4, 0.5) is 0 Å². The summed E-state index contributed by atoms with van der Waals surface area (Å²) in [7, 11) is 0. The molecule has 3 N–H and O–H groups in total. The molecule has 0 bridgehead atoms. The summed E-state index contributed by atoms with van der Waals surface area (Å²) in [5.41, 5.74) is 2.13. The van der Waals surface area contributed by atoms with Crippen LogP contribution in [0.25, 0.3) is 0 Å². The Bertz CT molecular complexity index is 443. The minimum Gasteiger partial charge on any atom is -0.480 e. The number of carboxylic acids is 1. The Kier molecular flexibility index (Phi) is 4.58. The molecule has 0 saturated heterocycles. The summed E-state index contributed by atoms with van der Waals surface area (Å²) in [4.78, 5) is 37.1. The number of hydrogen-bond acceptors (Lipinski definition) is 5. The Balaban J connectivity index is 2.36. The highest BCUT2D eigenvalue weighted by Crippen LogP contribution is 2.10. The fourth-order valence-corrected chi connectivity index (χ4v) is 1.72. The fourth-order valence-electron chi connectivity index (χ4n) is 0.997. The average molecular weight is 257 g/mol. The lowest BCUT2D eigenvalue weighted by atomic mass is 10.3. The number of amides is 2. The largest absolute Gasteiger partial charge is 0.480 e. The first-order chi connectivity index (χ1) is 8.00. The second kappa shape index (κ2) is 5.94. The fraction of sp³-hybridized carbons (Fsp3) is 0.333. The van der Waals surface area contributed by atoms with E-state index >= 15 is 0 Å². The number of nitrogens with one attached hydrogen (secondary N) is 2. The zero-order valence-electron chi connectivity index (χ0n) is 9.02. The van der Waals surface area contributed by atoms with E-state index in [2.05, 4.69) is 15.6 Å². The molecule has 0 aliphatic rings. The molecule has 0 saturated carbocycles. The molecule has 0 spiro atoms. The molecule has 0 fully saturated rings. The molecular weight excluding hydrogens is 246 g/mol. The van der Waals surface area contributed by atoms with E-state index in [1.54, 1.807) is 6.92 Å². The highest BCUT2D eigenvalue weighted by molar-refractivity contribution is 7.11. The first-order valence-corrected chi connectivity index (χ1v) is 5.55. The highest BCUT2D eigenvalue weighted by atomic mass is 32.1. The van der Waals surface area contributed by atoms with Gasteiger partial charge in [-0.1, -0.05) is 0 Å². The topological polar surface area (TPSA) is 108 Å². The van der Waals surface area contributed by atoms with Crippen molar-refractivity contribution < 1.29 is 19.5 Å².